The Bertz CT molecular complexity index is 1960. The second-order valence-corrected chi connectivity index (χ2v) is 12.8. The summed E-state index contributed by atoms with van der Waals surface area (Å²) >= 11 is 0. The number of halogens is 3. The number of hydrogen-bond donors (Lipinski definition) is 2. The molecule has 2 aromatic heterocycles. The number of hydrogen-bond acceptors (Lipinski definition) is 8. The zero-order chi connectivity index (χ0) is 34.6. The minimum atomic E-state index is -1.54. The average Bonchev–Trinajstić information content (AvgIpc) is 3.60. The minimum absolute atomic E-state index is 0.140. The van der Waals surface area contributed by atoms with Gasteiger partial charge in [-0.2, -0.15) is 9.49 Å². The van der Waals surface area contributed by atoms with Gasteiger partial charge in [0.2, 0.25) is 11.8 Å². The molecule has 7 rings (SSSR count). The van der Waals surface area contributed by atoms with E-state index in [0.717, 1.165) is 79.8 Å². The normalized spacial score (nSPS) is 17.9. The van der Waals surface area contributed by atoms with Crippen LogP contribution in [0.4, 0.5) is 19.1 Å². The van der Waals surface area contributed by atoms with Gasteiger partial charge in [-0.25, -0.2) is 18.7 Å². The molecule has 260 valence electrons. The third-order valence-electron chi connectivity index (χ3n) is 9.54. The Morgan fingerprint density at radius 2 is 1.68 bits per heavy atom. The van der Waals surface area contributed by atoms with Crippen molar-refractivity contribution >= 4 is 22.8 Å². The summed E-state index contributed by atoms with van der Waals surface area (Å²) in [5.41, 5.74) is 2.73. The maximum Gasteiger partial charge on any atom is 0.254 e. The van der Waals surface area contributed by atoms with E-state index in [1.54, 1.807) is 24.3 Å². The van der Waals surface area contributed by atoms with Gasteiger partial charge in [0.25, 0.3) is 5.91 Å². The van der Waals surface area contributed by atoms with Crippen molar-refractivity contribution in [3.63, 3.8) is 0 Å². The summed E-state index contributed by atoms with van der Waals surface area (Å²) in [6.45, 7) is 3.70. The number of piperazine rings is 1. The molecule has 10 nitrogen and oxygen atoms in total. The van der Waals surface area contributed by atoms with Crippen molar-refractivity contribution in [3.8, 4) is 22.6 Å². The number of amides is 1. The molecule has 1 saturated heterocycles. The zero-order valence-corrected chi connectivity index (χ0v) is 27.7. The molecule has 0 radical (unpaired) electrons. The number of fused-ring (bicyclic) bond motifs is 1. The molecule has 1 amide bonds. The van der Waals surface area contributed by atoms with Crippen LogP contribution in [0.2, 0.25) is 0 Å². The van der Waals surface area contributed by atoms with Crippen molar-refractivity contribution in [1.29, 1.82) is 0 Å². The Balaban J connectivity index is 0.920. The number of benzene rings is 3. The summed E-state index contributed by atoms with van der Waals surface area (Å²) < 4.78 is 56.8. The molecular formula is C37H38F3N7O3. The standard InChI is InChI=1S/C37H38F3N7O3/c1-49-29-10-4-24(5-11-29)22-50-35-31(38)17-30(33(39)34(35)40)36(48)42-18-23-2-8-28(9-3-23)47-21-26-7-6-25(16-32(26)45-47)27-19-43-37(44-20-27)46-14-12-41-13-15-46/h4-7,10-11,16-17,19-21,23,28,41H,2-3,8-9,12-15,18,22H2,1H3,(H,42,48)/t23-,28-. The van der Waals surface area contributed by atoms with E-state index < -0.39 is 34.7 Å². The molecule has 5 aromatic rings. The number of ether oxygens (including phenoxy) is 2. The summed E-state index contributed by atoms with van der Waals surface area (Å²) in [4.78, 5) is 24.2. The minimum Gasteiger partial charge on any atom is -0.497 e. The molecule has 2 N–H and O–H groups in total. The number of methoxy groups -OCH3 is 1. The Kier molecular flexibility index (Phi) is 9.83. The Morgan fingerprint density at radius 1 is 0.940 bits per heavy atom. The molecule has 50 heavy (non-hydrogen) atoms. The fourth-order valence-corrected chi connectivity index (χ4v) is 6.60. The average molecular weight is 686 g/mol. The topological polar surface area (TPSA) is 106 Å². The fraction of sp³-hybridized carbons (Fsp3) is 0.351. The first-order chi connectivity index (χ1) is 24.4. The highest BCUT2D eigenvalue weighted by molar-refractivity contribution is 5.94. The molecule has 0 atom stereocenters. The number of nitrogens with zero attached hydrogens (tertiary/aromatic N) is 5. The summed E-state index contributed by atoms with van der Waals surface area (Å²) in [6, 6.07) is 13.7. The maximum atomic E-state index is 14.9. The number of nitrogens with one attached hydrogen (secondary N) is 2. The molecule has 0 bridgehead atoms. The largest absolute Gasteiger partial charge is 0.497 e. The highest BCUT2D eigenvalue weighted by atomic mass is 19.2. The van der Waals surface area contributed by atoms with Crippen molar-refractivity contribution in [1.82, 2.24) is 30.4 Å². The highest BCUT2D eigenvalue weighted by Gasteiger charge is 2.27. The SMILES string of the molecule is COc1ccc(COc2c(F)cc(C(=O)NC[C@H]3CC[C@H](n4cc5ccc(-c6cnc(N7CCNCC7)nc6)cc5n4)CC3)c(F)c2F)cc1. The van der Waals surface area contributed by atoms with Crippen LogP contribution in [-0.2, 0) is 6.61 Å². The number of anilines is 1. The maximum absolute atomic E-state index is 14.9. The van der Waals surface area contributed by atoms with Gasteiger partial charge in [-0.15, -0.1) is 0 Å². The van der Waals surface area contributed by atoms with Crippen LogP contribution in [0.1, 0.15) is 47.6 Å². The molecule has 1 saturated carbocycles. The lowest BCUT2D eigenvalue weighted by atomic mass is 9.86. The Labute approximate surface area is 287 Å². The van der Waals surface area contributed by atoms with Crippen LogP contribution in [0, 0.1) is 23.4 Å². The second-order valence-electron chi connectivity index (χ2n) is 12.8. The van der Waals surface area contributed by atoms with Crippen LogP contribution >= 0.6 is 0 Å². The van der Waals surface area contributed by atoms with E-state index in [4.69, 9.17) is 14.6 Å². The summed E-state index contributed by atoms with van der Waals surface area (Å²) in [5, 5.41) is 11.9. The van der Waals surface area contributed by atoms with E-state index in [0.29, 0.717) is 17.4 Å². The first-order valence-electron chi connectivity index (χ1n) is 16.8. The number of aromatic nitrogens is 4. The van der Waals surface area contributed by atoms with Gasteiger partial charge in [-0.1, -0.05) is 24.3 Å². The molecule has 2 fully saturated rings. The van der Waals surface area contributed by atoms with Gasteiger partial charge in [0, 0.05) is 62.3 Å². The lowest BCUT2D eigenvalue weighted by Gasteiger charge is -2.28. The zero-order valence-electron chi connectivity index (χ0n) is 27.7. The molecule has 1 aliphatic carbocycles. The van der Waals surface area contributed by atoms with Crippen molar-refractivity contribution in [2.24, 2.45) is 5.92 Å². The predicted molar refractivity (Wildman–Crippen MR) is 183 cm³/mol. The first-order valence-corrected chi connectivity index (χ1v) is 16.8. The first kappa shape index (κ1) is 33.3. The van der Waals surface area contributed by atoms with E-state index in [2.05, 4.69) is 49.9 Å². The summed E-state index contributed by atoms with van der Waals surface area (Å²) in [7, 11) is 1.52. The molecule has 0 unspecified atom stereocenters. The lowest BCUT2D eigenvalue weighted by Crippen LogP contribution is -2.44. The van der Waals surface area contributed by atoms with E-state index in [-0.39, 0.29) is 25.1 Å². The van der Waals surface area contributed by atoms with Gasteiger partial charge in [-0.3, -0.25) is 9.48 Å². The van der Waals surface area contributed by atoms with Crippen LogP contribution in [-0.4, -0.2) is 65.5 Å². The fourth-order valence-electron chi connectivity index (χ4n) is 6.60. The van der Waals surface area contributed by atoms with Crippen LogP contribution in [0.25, 0.3) is 22.0 Å². The quantitative estimate of drug-likeness (QED) is 0.171. The van der Waals surface area contributed by atoms with Crippen LogP contribution in [0.3, 0.4) is 0 Å². The van der Waals surface area contributed by atoms with Crippen LogP contribution < -0.4 is 25.0 Å². The molecular weight excluding hydrogens is 647 g/mol. The van der Waals surface area contributed by atoms with Gasteiger partial charge >= 0.3 is 0 Å². The molecule has 1 aliphatic heterocycles. The molecule has 3 heterocycles. The van der Waals surface area contributed by atoms with Crippen molar-refractivity contribution in [2.75, 3.05) is 44.7 Å². The Morgan fingerprint density at radius 3 is 2.40 bits per heavy atom. The van der Waals surface area contributed by atoms with Gasteiger partial charge < -0.3 is 25.0 Å². The monoisotopic (exact) mass is 685 g/mol. The molecule has 0 spiro atoms. The van der Waals surface area contributed by atoms with Crippen molar-refractivity contribution in [2.45, 2.75) is 38.3 Å². The van der Waals surface area contributed by atoms with Gasteiger partial charge in [-0.05, 0) is 67.0 Å². The van der Waals surface area contributed by atoms with Gasteiger partial charge in [0.1, 0.15) is 12.4 Å². The Hall–Kier alpha value is -5.17. The van der Waals surface area contributed by atoms with Crippen LogP contribution in [0.15, 0.2) is 67.1 Å². The van der Waals surface area contributed by atoms with E-state index in [9.17, 15) is 18.0 Å². The summed E-state index contributed by atoms with van der Waals surface area (Å²) in [5.74, 6) is -4.40. The molecule has 3 aromatic carbocycles. The van der Waals surface area contributed by atoms with E-state index >= 15 is 0 Å². The van der Waals surface area contributed by atoms with Crippen LogP contribution in [0.5, 0.6) is 11.5 Å². The van der Waals surface area contributed by atoms with E-state index in [1.165, 1.54) is 7.11 Å². The number of carbonyl (C=O) groups excluding carboxylic acids is 1. The number of rotatable bonds is 10. The van der Waals surface area contributed by atoms with Gasteiger partial charge in [0.05, 0.1) is 24.2 Å². The smallest absolute Gasteiger partial charge is 0.254 e. The second kappa shape index (κ2) is 14.8. The van der Waals surface area contributed by atoms with E-state index in [1.807, 2.05) is 17.1 Å². The third-order valence-corrected chi connectivity index (χ3v) is 9.54. The van der Waals surface area contributed by atoms with Crippen molar-refractivity contribution in [3.05, 3.63) is 95.7 Å². The third kappa shape index (κ3) is 7.23. The predicted octanol–water partition coefficient (Wildman–Crippen LogP) is 6.07. The highest BCUT2D eigenvalue weighted by Crippen LogP contribution is 2.34. The molecule has 2 aliphatic rings. The summed E-state index contributed by atoms with van der Waals surface area (Å²) in [6.07, 6.45) is 9.10. The molecule has 13 heteroatoms. The lowest BCUT2D eigenvalue weighted by molar-refractivity contribution is 0.0935. The van der Waals surface area contributed by atoms with Crippen molar-refractivity contribution < 1.29 is 27.4 Å². The number of carbonyl (C=O) groups is 1. The van der Waals surface area contributed by atoms with Gasteiger partial charge in [0.15, 0.2) is 17.4 Å².